The average molecular weight is 331 g/mol. The summed E-state index contributed by atoms with van der Waals surface area (Å²) >= 11 is 12.0. The number of benzene rings is 1. The number of anilines is 1. The number of hydrogen-bond donors (Lipinski definition) is 1. The van der Waals surface area contributed by atoms with Crippen molar-refractivity contribution in [3.8, 4) is 0 Å². The molecule has 21 heavy (non-hydrogen) atoms. The lowest BCUT2D eigenvalue weighted by Gasteiger charge is -2.21. The van der Waals surface area contributed by atoms with Crippen molar-refractivity contribution in [1.82, 2.24) is 4.90 Å². The van der Waals surface area contributed by atoms with Crippen LogP contribution in [-0.4, -0.2) is 43.0 Å². The van der Waals surface area contributed by atoms with Gasteiger partial charge in [-0.25, -0.2) is 0 Å². The first-order valence-corrected chi connectivity index (χ1v) is 7.34. The van der Waals surface area contributed by atoms with Crippen molar-refractivity contribution in [1.29, 1.82) is 0 Å². The molecule has 1 heterocycles. The Kier molecular flexibility index (Phi) is 5.45. The maximum absolute atomic E-state index is 12.1. The number of hydrogen-bond acceptors (Lipinski definition) is 4. The number of nitrogens with one attached hydrogen (secondary N) is 1. The van der Waals surface area contributed by atoms with Gasteiger partial charge in [0, 0.05) is 0 Å². The molecule has 0 radical (unpaired) electrons. The second-order valence-corrected chi connectivity index (χ2v) is 5.61. The number of esters is 1. The van der Waals surface area contributed by atoms with Crippen molar-refractivity contribution in [3.05, 3.63) is 28.2 Å². The standard InChI is InChI=1S/C14H16Cl2N2O3/c1-21-14(20)11-6-3-7-18(11)8-12(19)17-13-9(15)4-2-5-10(13)16/h2,4-5,11H,3,6-8H2,1H3,(H,17,19). The van der Waals surface area contributed by atoms with Crippen molar-refractivity contribution in [2.75, 3.05) is 25.5 Å². The van der Waals surface area contributed by atoms with Gasteiger partial charge in [0.2, 0.25) is 5.91 Å². The zero-order valence-electron chi connectivity index (χ0n) is 11.6. The fourth-order valence-electron chi connectivity index (χ4n) is 2.40. The van der Waals surface area contributed by atoms with Crippen molar-refractivity contribution in [2.24, 2.45) is 0 Å². The molecule has 0 aromatic heterocycles. The molecule has 1 fully saturated rings. The fraction of sp³-hybridized carbons (Fsp3) is 0.429. The monoisotopic (exact) mass is 330 g/mol. The summed E-state index contributed by atoms with van der Waals surface area (Å²) in [4.78, 5) is 25.5. The molecule has 1 aromatic rings. The Bertz CT molecular complexity index is 531. The largest absolute Gasteiger partial charge is 0.468 e. The summed E-state index contributed by atoms with van der Waals surface area (Å²) in [6.45, 7) is 0.782. The highest BCUT2D eigenvalue weighted by Crippen LogP contribution is 2.29. The topological polar surface area (TPSA) is 58.6 Å². The minimum atomic E-state index is -0.359. The van der Waals surface area contributed by atoms with Crippen molar-refractivity contribution in [2.45, 2.75) is 18.9 Å². The fourth-order valence-corrected chi connectivity index (χ4v) is 2.89. The molecular weight excluding hydrogens is 315 g/mol. The molecule has 1 N–H and O–H groups in total. The van der Waals surface area contributed by atoms with Crippen LogP contribution in [0.1, 0.15) is 12.8 Å². The van der Waals surface area contributed by atoms with Crippen LogP contribution in [0, 0.1) is 0 Å². The summed E-state index contributed by atoms with van der Waals surface area (Å²) in [6.07, 6.45) is 1.56. The smallest absolute Gasteiger partial charge is 0.323 e. The highest BCUT2D eigenvalue weighted by atomic mass is 35.5. The number of nitrogens with zero attached hydrogens (tertiary/aromatic N) is 1. The van der Waals surface area contributed by atoms with Gasteiger partial charge in [-0.05, 0) is 31.5 Å². The van der Waals surface area contributed by atoms with E-state index in [-0.39, 0.29) is 24.5 Å². The van der Waals surface area contributed by atoms with Gasteiger partial charge in [0.1, 0.15) is 6.04 Å². The van der Waals surface area contributed by atoms with Gasteiger partial charge >= 0.3 is 5.97 Å². The van der Waals surface area contributed by atoms with Gasteiger partial charge in [-0.2, -0.15) is 0 Å². The number of rotatable bonds is 4. The maximum atomic E-state index is 12.1. The molecule has 114 valence electrons. The van der Waals surface area contributed by atoms with E-state index in [1.807, 2.05) is 0 Å². The zero-order chi connectivity index (χ0) is 15.4. The molecule has 1 unspecified atom stereocenters. The second kappa shape index (κ2) is 7.11. The van der Waals surface area contributed by atoms with Crippen LogP contribution in [0.15, 0.2) is 18.2 Å². The third-order valence-corrected chi connectivity index (χ3v) is 4.04. The van der Waals surface area contributed by atoms with Gasteiger partial charge in [0.05, 0.1) is 29.4 Å². The summed E-state index contributed by atoms with van der Waals surface area (Å²) < 4.78 is 4.75. The molecular formula is C14H16Cl2N2O3. The van der Waals surface area contributed by atoms with E-state index in [1.54, 1.807) is 23.1 Å². The van der Waals surface area contributed by atoms with Crippen LogP contribution in [0.2, 0.25) is 10.0 Å². The first-order valence-electron chi connectivity index (χ1n) is 6.58. The van der Waals surface area contributed by atoms with Crippen LogP contribution in [0.4, 0.5) is 5.69 Å². The average Bonchev–Trinajstić information content (AvgIpc) is 2.90. The van der Waals surface area contributed by atoms with Crippen molar-refractivity contribution >= 4 is 40.8 Å². The SMILES string of the molecule is COC(=O)C1CCCN1CC(=O)Nc1c(Cl)cccc1Cl. The van der Waals surface area contributed by atoms with Gasteiger partial charge in [-0.3, -0.25) is 14.5 Å². The predicted octanol–water partition coefficient (Wildman–Crippen LogP) is 2.57. The molecule has 0 aliphatic carbocycles. The number of amides is 1. The maximum Gasteiger partial charge on any atom is 0.323 e. The summed E-state index contributed by atoms with van der Waals surface area (Å²) in [7, 11) is 1.35. The molecule has 1 amide bonds. The number of methoxy groups -OCH3 is 1. The molecule has 0 bridgehead atoms. The number of halogens is 2. The van der Waals surface area contributed by atoms with Gasteiger partial charge in [-0.1, -0.05) is 29.3 Å². The minimum absolute atomic E-state index is 0.0985. The summed E-state index contributed by atoms with van der Waals surface area (Å²) in [5.41, 5.74) is 0.389. The van der Waals surface area contributed by atoms with Gasteiger partial charge in [0.15, 0.2) is 0 Å². The van der Waals surface area contributed by atoms with Crippen molar-refractivity contribution in [3.63, 3.8) is 0 Å². The number of likely N-dealkylation sites (tertiary alicyclic amines) is 1. The number of carbonyl (C=O) groups is 2. The number of para-hydroxylation sites is 1. The molecule has 1 aliphatic heterocycles. The molecule has 1 saturated heterocycles. The van der Waals surface area contributed by atoms with Crippen LogP contribution < -0.4 is 5.32 Å². The second-order valence-electron chi connectivity index (χ2n) is 4.80. The molecule has 2 rings (SSSR count). The highest BCUT2D eigenvalue weighted by molar-refractivity contribution is 6.39. The molecule has 7 heteroatoms. The Morgan fingerprint density at radius 3 is 2.67 bits per heavy atom. The Labute approximate surface area is 133 Å². The van der Waals surface area contributed by atoms with E-state index < -0.39 is 0 Å². The van der Waals surface area contributed by atoms with Crippen LogP contribution in [-0.2, 0) is 14.3 Å². The van der Waals surface area contributed by atoms with E-state index in [0.29, 0.717) is 28.7 Å². The van der Waals surface area contributed by atoms with E-state index in [0.717, 1.165) is 6.42 Å². The Morgan fingerprint density at radius 2 is 2.05 bits per heavy atom. The van der Waals surface area contributed by atoms with Gasteiger partial charge in [0.25, 0.3) is 0 Å². The highest BCUT2D eigenvalue weighted by Gasteiger charge is 2.32. The van der Waals surface area contributed by atoms with Crippen LogP contribution in [0.5, 0.6) is 0 Å². The molecule has 1 aliphatic rings. The van der Waals surface area contributed by atoms with Crippen LogP contribution in [0.3, 0.4) is 0 Å². The summed E-state index contributed by atoms with van der Waals surface area (Å²) in [6, 6.07) is 4.64. The van der Waals surface area contributed by atoms with E-state index in [9.17, 15) is 9.59 Å². The Morgan fingerprint density at radius 1 is 1.38 bits per heavy atom. The lowest BCUT2D eigenvalue weighted by molar-refractivity contribution is -0.146. The molecule has 5 nitrogen and oxygen atoms in total. The van der Waals surface area contributed by atoms with Crippen molar-refractivity contribution < 1.29 is 14.3 Å². The normalized spacial score (nSPS) is 18.5. The Hall–Kier alpha value is -1.30. The van der Waals surface area contributed by atoms with E-state index >= 15 is 0 Å². The van der Waals surface area contributed by atoms with E-state index in [4.69, 9.17) is 27.9 Å². The minimum Gasteiger partial charge on any atom is -0.468 e. The lowest BCUT2D eigenvalue weighted by Crippen LogP contribution is -2.41. The van der Waals surface area contributed by atoms with Gasteiger partial charge < -0.3 is 10.1 Å². The molecule has 0 spiro atoms. The van der Waals surface area contributed by atoms with Crippen LogP contribution in [0.25, 0.3) is 0 Å². The first kappa shape index (κ1) is 16.1. The van der Waals surface area contributed by atoms with E-state index in [2.05, 4.69) is 5.32 Å². The van der Waals surface area contributed by atoms with Crippen LogP contribution >= 0.6 is 23.2 Å². The molecule has 0 saturated carbocycles. The third kappa shape index (κ3) is 3.87. The van der Waals surface area contributed by atoms with Gasteiger partial charge in [-0.15, -0.1) is 0 Å². The number of ether oxygens (including phenoxy) is 1. The Balaban J connectivity index is 2.00. The quantitative estimate of drug-likeness (QED) is 0.862. The van der Waals surface area contributed by atoms with E-state index in [1.165, 1.54) is 7.11 Å². The lowest BCUT2D eigenvalue weighted by atomic mass is 10.2. The first-order chi connectivity index (χ1) is 10.0. The molecule has 1 aromatic carbocycles. The molecule has 1 atom stereocenters. The predicted molar refractivity (Wildman–Crippen MR) is 81.7 cm³/mol. The summed E-state index contributed by atoms with van der Waals surface area (Å²) in [5, 5.41) is 3.44. The summed E-state index contributed by atoms with van der Waals surface area (Å²) in [5.74, 6) is -0.572. The third-order valence-electron chi connectivity index (χ3n) is 3.41. The number of carbonyl (C=O) groups excluding carboxylic acids is 2. The zero-order valence-corrected chi connectivity index (χ0v) is 13.1.